The molecule has 0 N–H and O–H groups in total. The van der Waals surface area contributed by atoms with Gasteiger partial charge in [-0.1, -0.05) is 13.8 Å². The Morgan fingerprint density at radius 2 is 1.56 bits per heavy atom. The van der Waals surface area contributed by atoms with E-state index in [-0.39, 0.29) is 0 Å². The lowest BCUT2D eigenvalue weighted by Gasteiger charge is -2.01. The van der Waals surface area contributed by atoms with Crippen molar-refractivity contribution in [1.82, 2.24) is 0 Å². The van der Waals surface area contributed by atoms with Gasteiger partial charge in [0.25, 0.3) is 0 Å². The second-order valence-electron chi connectivity index (χ2n) is 1.05. The molecular formula is C5H11F3O. The van der Waals surface area contributed by atoms with Crippen LogP contribution in [0.2, 0.25) is 0 Å². The maximum absolute atomic E-state index is 10.9. The maximum atomic E-state index is 10.9. The molecule has 0 heterocycles. The third-order valence-corrected chi connectivity index (χ3v) is 0.308. The Balaban J connectivity index is 0. The summed E-state index contributed by atoms with van der Waals surface area (Å²) in [6, 6.07) is 0. The summed E-state index contributed by atoms with van der Waals surface area (Å²) >= 11 is 0. The minimum atomic E-state index is -4.17. The number of halogens is 3. The van der Waals surface area contributed by atoms with Gasteiger partial charge in [-0.05, 0) is 0 Å². The molecule has 58 valence electrons. The van der Waals surface area contributed by atoms with Crippen LogP contribution in [0.3, 0.4) is 0 Å². The average molecular weight is 144 g/mol. The van der Waals surface area contributed by atoms with E-state index in [1.807, 2.05) is 13.8 Å². The zero-order valence-corrected chi connectivity index (χ0v) is 5.75. The molecule has 0 bridgehead atoms. The molecule has 0 aromatic rings. The van der Waals surface area contributed by atoms with Gasteiger partial charge in [-0.2, -0.15) is 13.2 Å². The number of ether oxygens (including phenoxy) is 1. The molecule has 4 heteroatoms. The Morgan fingerprint density at radius 3 is 1.56 bits per heavy atom. The van der Waals surface area contributed by atoms with Crippen molar-refractivity contribution >= 4 is 0 Å². The molecule has 0 aromatic carbocycles. The van der Waals surface area contributed by atoms with Crippen molar-refractivity contribution in [2.75, 3.05) is 13.7 Å². The maximum Gasteiger partial charge on any atom is 0.411 e. The lowest BCUT2D eigenvalue weighted by molar-refractivity contribution is -0.167. The van der Waals surface area contributed by atoms with Crippen molar-refractivity contribution in [1.29, 1.82) is 0 Å². The molecule has 0 radical (unpaired) electrons. The van der Waals surface area contributed by atoms with E-state index in [4.69, 9.17) is 0 Å². The third kappa shape index (κ3) is 18.2. The molecule has 0 rings (SSSR count). The Kier molecular flexibility index (Phi) is 7.53. The molecule has 0 aliphatic rings. The zero-order chi connectivity index (χ0) is 7.91. The van der Waals surface area contributed by atoms with Crippen molar-refractivity contribution < 1.29 is 17.9 Å². The molecule has 0 saturated heterocycles. The first-order chi connectivity index (χ1) is 4.06. The Labute approximate surface area is 52.8 Å². The van der Waals surface area contributed by atoms with Gasteiger partial charge in [-0.15, -0.1) is 0 Å². The molecule has 0 spiro atoms. The first kappa shape index (κ1) is 11.5. The monoisotopic (exact) mass is 144 g/mol. The summed E-state index contributed by atoms with van der Waals surface area (Å²) in [4.78, 5) is 0. The molecule has 0 aliphatic carbocycles. The molecule has 0 amide bonds. The lowest BCUT2D eigenvalue weighted by atomic mass is 10.7. The van der Waals surface area contributed by atoms with E-state index < -0.39 is 12.8 Å². The Bertz CT molecular complexity index is 50.7. The quantitative estimate of drug-likeness (QED) is 0.548. The van der Waals surface area contributed by atoms with E-state index in [2.05, 4.69) is 4.74 Å². The van der Waals surface area contributed by atoms with E-state index in [9.17, 15) is 13.2 Å². The fourth-order valence-corrected chi connectivity index (χ4v) is 0.164. The predicted octanol–water partition coefficient (Wildman–Crippen LogP) is 2.22. The van der Waals surface area contributed by atoms with Gasteiger partial charge in [0.2, 0.25) is 0 Å². The summed E-state index contributed by atoms with van der Waals surface area (Å²) in [5, 5.41) is 0. The summed E-state index contributed by atoms with van der Waals surface area (Å²) in [5.41, 5.74) is 0. The summed E-state index contributed by atoms with van der Waals surface area (Å²) < 4.78 is 36.6. The minimum Gasteiger partial charge on any atom is -0.375 e. The fourth-order valence-electron chi connectivity index (χ4n) is 0.164. The van der Waals surface area contributed by atoms with E-state index in [0.717, 1.165) is 7.11 Å². The Morgan fingerprint density at radius 1 is 1.22 bits per heavy atom. The molecule has 0 atom stereocenters. The molecule has 0 fully saturated rings. The van der Waals surface area contributed by atoms with Gasteiger partial charge in [-0.3, -0.25) is 0 Å². The normalized spacial score (nSPS) is 10.0. The average Bonchev–Trinajstić information content (AvgIpc) is 1.69. The van der Waals surface area contributed by atoms with Crippen molar-refractivity contribution in [3.63, 3.8) is 0 Å². The molecule has 0 aromatic heterocycles. The van der Waals surface area contributed by atoms with Crippen molar-refractivity contribution in [2.45, 2.75) is 20.0 Å². The van der Waals surface area contributed by atoms with Crippen LogP contribution in [0.4, 0.5) is 13.2 Å². The van der Waals surface area contributed by atoms with Crippen LogP contribution >= 0.6 is 0 Å². The van der Waals surface area contributed by atoms with E-state index in [1.54, 1.807) is 0 Å². The number of hydrogen-bond acceptors (Lipinski definition) is 1. The van der Waals surface area contributed by atoms with Gasteiger partial charge in [-0.25, -0.2) is 0 Å². The van der Waals surface area contributed by atoms with E-state index >= 15 is 0 Å². The molecule has 0 saturated carbocycles. The fraction of sp³-hybridized carbons (Fsp3) is 1.00. The van der Waals surface area contributed by atoms with Gasteiger partial charge >= 0.3 is 6.18 Å². The molecule has 1 nitrogen and oxygen atoms in total. The molecule has 0 aliphatic heterocycles. The van der Waals surface area contributed by atoms with Gasteiger partial charge in [0.1, 0.15) is 6.61 Å². The smallest absolute Gasteiger partial charge is 0.375 e. The van der Waals surface area contributed by atoms with E-state index in [1.165, 1.54) is 0 Å². The summed E-state index contributed by atoms with van der Waals surface area (Å²) in [6.07, 6.45) is -4.17. The number of rotatable bonds is 1. The van der Waals surface area contributed by atoms with Crippen LogP contribution in [0.5, 0.6) is 0 Å². The van der Waals surface area contributed by atoms with Crippen molar-refractivity contribution in [2.24, 2.45) is 0 Å². The summed E-state index contributed by atoms with van der Waals surface area (Å²) in [5.74, 6) is 0. The standard InChI is InChI=1S/C3H5F3O.C2H6/c1-7-2-3(4,5)6;1-2/h2H2,1H3;1-2H3. The van der Waals surface area contributed by atoms with Gasteiger partial charge in [0, 0.05) is 7.11 Å². The highest BCUT2D eigenvalue weighted by molar-refractivity contribution is 4.41. The second kappa shape index (κ2) is 5.88. The van der Waals surface area contributed by atoms with Gasteiger partial charge in [0.15, 0.2) is 0 Å². The predicted molar refractivity (Wildman–Crippen MR) is 29.3 cm³/mol. The van der Waals surface area contributed by atoms with Crippen LogP contribution in [0, 0.1) is 0 Å². The van der Waals surface area contributed by atoms with Crippen molar-refractivity contribution in [3.05, 3.63) is 0 Å². The topological polar surface area (TPSA) is 9.23 Å². The van der Waals surface area contributed by atoms with Crippen LogP contribution in [0.1, 0.15) is 13.8 Å². The van der Waals surface area contributed by atoms with Crippen molar-refractivity contribution in [3.8, 4) is 0 Å². The lowest BCUT2D eigenvalue weighted by Crippen LogP contribution is -2.14. The largest absolute Gasteiger partial charge is 0.411 e. The first-order valence-electron chi connectivity index (χ1n) is 2.62. The molecule has 0 unspecified atom stereocenters. The second-order valence-corrected chi connectivity index (χ2v) is 1.05. The highest BCUT2D eigenvalue weighted by Crippen LogP contribution is 2.13. The third-order valence-electron chi connectivity index (χ3n) is 0.308. The zero-order valence-electron chi connectivity index (χ0n) is 5.75. The number of methoxy groups -OCH3 is 1. The van der Waals surface area contributed by atoms with Gasteiger partial charge < -0.3 is 4.74 Å². The SMILES string of the molecule is CC.COCC(F)(F)F. The van der Waals surface area contributed by atoms with Crippen LogP contribution in [-0.2, 0) is 4.74 Å². The molecule has 9 heavy (non-hydrogen) atoms. The summed E-state index contributed by atoms with van der Waals surface area (Å²) in [7, 11) is 1.01. The first-order valence-corrected chi connectivity index (χ1v) is 2.62. The number of alkyl halides is 3. The Hall–Kier alpha value is -0.250. The van der Waals surface area contributed by atoms with Crippen LogP contribution in [0.15, 0.2) is 0 Å². The highest BCUT2D eigenvalue weighted by atomic mass is 19.4. The molecular weight excluding hydrogens is 133 g/mol. The van der Waals surface area contributed by atoms with Crippen LogP contribution < -0.4 is 0 Å². The highest BCUT2D eigenvalue weighted by Gasteiger charge is 2.26. The van der Waals surface area contributed by atoms with Crippen LogP contribution in [-0.4, -0.2) is 19.9 Å². The van der Waals surface area contributed by atoms with Crippen LogP contribution in [0.25, 0.3) is 0 Å². The number of hydrogen-bond donors (Lipinski definition) is 0. The van der Waals surface area contributed by atoms with E-state index in [0.29, 0.717) is 0 Å². The van der Waals surface area contributed by atoms with Gasteiger partial charge in [0.05, 0.1) is 0 Å². The minimum absolute atomic E-state index is 1.01. The summed E-state index contributed by atoms with van der Waals surface area (Å²) in [6.45, 7) is 2.84.